The van der Waals surface area contributed by atoms with E-state index in [0.717, 1.165) is 58.5 Å². The van der Waals surface area contributed by atoms with E-state index in [9.17, 15) is 4.55 Å². The Morgan fingerprint density at radius 2 is 1.27 bits per heavy atom. The number of methoxy groups -OCH3 is 3. The summed E-state index contributed by atoms with van der Waals surface area (Å²) >= 11 is 4.67. The molecule has 0 amide bonds. The molecule has 10 aromatic rings. The number of thiazole rings is 2. The number of furan rings is 2. The molecular formula is C45H42N10O10S5. The molecule has 2 unspecified atom stereocenters. The molecule has 0 radical (unpaired) electrons. The average Bonchev–Trinajstić information content (AvgIpc) is 4.24. The first-order valence-corrected chi connectivity index (χ1v) is 26.8. The fourth-order valence-electron chi connectivity index (χ4n) is 8.14. The Hall–Kier alpha value is -6.35. The fourth-order valence-corrected chi connectivity index (χ4v) is 12.6. The van der Waals surface area contributed by atoms with E-state index >= 15 is 0 Å². The predicted octanol–water partition coefficient (Wildman–Crippen LogP) is 8.06. The average molecular weight is 1040 g/mol. The molecule has 2 aliphatic rings. The van der Waals surface area contributed by atoms with Gasteiger partial charge in [-0.2, -0.15) is 0 Å². The minimum atomic E-state index is -1.10. The molecule has 8 aromatic heterocycles. The minimum absolute atomic E-state index is 0.217. The van der Waals surface area contributed by atoms with Gasteiger partial charge in [-0.25, -0.2) is 29.0 Å². The molecule has 0 N–H and O–H groups in total. The molecule has 2 saturated heterocycles. The summed E-state index contributed by atoms with van der Waals surface area (Å²) in [4.78, 5) is 24.9. The van der Waals surface area contributed by atoms with Crippen molar-refractivity contribution in [2.45, 2.75) is 24.9 Å². The van der Waals surface area contributed by atoms with Crippen LogP contribution in [-0.4, -0.2) is 122 Å². The van der Waals surface area contributed by atoms with Gasteiger partial charge in [-0.05, 0) is 52.4 Å². The van der Waals surface area contributed by atoms with E-state index in [1.165, 1.54) is 34.0 Å². The maximum absolute atomic E-state index is 13.3. The van der Waals surface area contributed by atoms with Crippen LogP contribution < -0.4 is 38.2 Å². The highest BCUT2D eigenvalue weighted by Crippen LogP contribution is 2.40. The van der Waals surface area contributed by atoms with Gasteiger partial charge in [0.25, 0.3) is 10.4 Å². The van der Waals surface area contributed by atoms with E-state index in [1.54, 1.807) is 54.1 Å². The van der Waals surface area contributed by atoms with Gasteiger partial charge in [0.1, 0.15) is 71.1 Å². The lowest BCUT2D eigenvalue weighted by Crippen LogP contribution is -2.49. The summed E-state index contributed by atoms with van der Waals surface area (Å²) in [5.74, 6) is 4.01. The summed E-state index contributed by atoms with van der Waals surface area (Å²) in [6, 6.07) is 11.1. The standard InChI is InChI=1S/C45H42N10O10S5/c1-57-27-11-34(61-20-25-23-66-40(46-25)52-5-4-8-60-9-6-52)31-16-39(65-37(31)14-27)33-19-55-43(49-33)69-45(51-55)63-22-29-17-53(7-10-70(29)56)41-47-26(24-67-41)21-62-35-12-28(58-2)13-36-30(35)15-38(64-36)32-18-54-42(48-32)68-44(50-54)59-3/h11-16,18-19,23-24,29H,4-10,17,20-22H2,1-3H3. The lowest BCUT2D eigenvalue weighted by Gasteiger charge is -2.33. The van der Waals surface area contributed by atoms with Gasteiger partial charge in [0.05, 0.1) is 75.6 Å². The molecule has 2 atom stereocenters. The summed E-state index contributed by atoms with van der Waals surface area (Å²) in [6.07, 6.45) is 4.57. The van der Waals surface area contributed by atoms with E-state index in [0.29, 0.717) is 103 Å². The van der Waals surface area contributed by atoms with Gasteiger partial charge in [-0.1, -0.05) is 0 Å². The van der Waals surface area contributed by atoms with Crippen LogP contribution in [0, 0.1) is 0 Å². The van der Waals surface area contributed by atoms with Gasteiger partial charge >= 0.3 is 0 Å². The highest BCUT2D eigenvalue weighted by Gasteiger charge is 2.34. The number of rotatable bonds is 16. The first-order valence-electron chi connectivity index (χ1n) is 22.1. The Bertz CT molecular complexity index is 3390. The van der Waals surface area contributed by atoms with E-state index in [4.69, 9.17) is 56.9 Å². The topological polar surface area (TPSA) is 207 Å². The quantitative estimate of drug-likeness (QED) is 0.0839. The third-order valence-corrected chi connectivity index (χ3v) is 16.9. The Kier molecular flexibility index (Phi) is 12.2. The largest absolute Gasteiger partial charge is 0.616 e. The van der Waals surface area contributed by atoms with E-state index in [1.807, 2.05) is 47.2 Å². The van der Waals surface area contributed by atoms with Crippen molar-refractivity contribution < 1.29 is 46.5 Å². The molecule has 2 fully saturated rings. The molecule has 25 heteroatoms. The van der Waals surface area contributed by atoms with Crippen LogP contribution in [0.25, 0.3) is 54.8 Å². The van der Waals surface area contributed by atoms with Crippen molar-refractivity contribution in [3.8, 4) is 56.3 Å². The Balaban J connectivity index is 0.677. The van der Waals surface area contributed by atoms with Crippen LogP contribution in [0.3, 0.4) is 0 Å². The first-order chi connectivity index (χ1) is 34.3. The fraction of sp³-hybridized carbons (Fsp3) is 0.333. The molecule has 0 saturated carbocycles. The molecule has 362 valence electrons. The molecular weight excluding hydrogens is 1000 g/mol. The first kappa shape index (κ1) is 44.8. The molecule has 2 aliphatic heterocycles. The summed E-state index contributed by atoms with van der Waals surface area (Å²) in [6.45, 7) is 5.07. The van der Waals surface area contributed by atoms with Crippen LogP contribution in [0.2, 0.25) is 0 Å². The lowest BCUT2D eigenvalue weighted by atomic mass is 10.2. The van der Waals surface area contributed by atoms with Crippen LogP contribution in [0.15, 0.2) is 68.4 Å². The van der Waals surface area contributed by atoms with Crippen LogP contribution in [0.5, 0.6) is 33.4 Å². The van der Waals surface area contributed by atoms with Crippen molar-refractivity contribution >= 4 is 98.6 Å². The van der Waals surface area contributed by atoms with Crippen molar-refractivity contribution in [3.05, 3.63) is 70.9 Å². The molecule has 2 aromatic carbocycles. The molecule has 0 spiro atoms. The minimum Gasteiger partial charge on any atom is -0.616 e. The van der Waals surface area contributed by atoms with Crippen molar-refractivity contribution in [2.24, 2.45) is 0 Å². The predicted molar refractivity (Wildman–Crippen MR) is 267 cm³/mol. The third-order valence-electron chi connectivity index (χ3n) is 11.7. The van der Waals surface area contributed by atoms with E-state index in [-0.39, 0.29) is 25.1 Å². The summed E-state index contributed by atoms with van der Waals surface area (Å²) < 4.78 is 70.0. The zero-order valence-electron chi connectivity index (χ0n) is 37.7. The molecule has 0 aliphatic carbocycles. The zero-order chi connectivity index (χ0) is 47.3. The monoisotopic (exact) mass is 1040 g/mol. The second kappa shape index (κ2) is 19.1. The third kappa shape index (κ3) is 9.01. The van der Waals surface area contributed by atoms with Crippen LogP contribution >= 0.6 is 45.3 Å². The Labute approximate surface area is 417 Å². The number of ether oxygens (including phenoxy) is 7. The normalized spacial score (nSPS) is 16.7. The number of fused-ring (bicyclic) bond motifs is 4. The number of hydrogen-bond donors (Lipinski definition) is 0. The van der Waals surface area contributed by atoms with E-state index < -0.39 is 11.2 Å². The molecule has 70 heavy (non-hydrogen) atoms. The van der Waals surface area contributed by atoms with Crippen LogP contribution in [-0.2, 0) is 29.1 Å². The molecule has 20 nitrogen and oxygen atoms in total. The number of imidazole rings is 2. The van der Waals surface area contributed by atoms with Crippen molar-refractivity contribution in [2.75, 3.05) is 82.9 Å². The lowest BCUT2D eigenvalue weighted by molar-refractivity contribution is 0.152. The van der Waals surface area contributed by atoms with E-state index in [2.05, 4.69) is 25.0 Å². The number of anilines is 2. The molecule has 10 heterocycles. The molecule has 12 rings (SSSR count). The van der Waals surface area contributed by atoms with Crippen molar-refractivity contribution in [1.82, 2.24) is 39.2 Å². The maximum atomic E-state index is 13.3. The number of hydrogen-bond acceptors (Lipinski definition) is 22. The second-order valence-corrected chi connectivity index (χ2v) is 21.5. The highest BCUT2D eigenvalue weighted by atomic mass is 32.2. The van der Waals surface area contributed by atoms with Crippen molar-refractivity contribution in [1.29, 1.82) is 0 Å². The number of benzene rings is 2. The summed E-state index contributed by atoms with van der Waals surface area (Å²) in [5, 5.41) is 17.1. The molecule has 0 bridgehead atoms. The summed E-state index contributed by atoms with van der Waals surface area (Å²) in [5.41, 5.74) is 4.04. The van der Waals surface area contributed by atoms with Gasteiger partial charge in [0.2, 0.25) is 9.92 Å². The van der Waals surface area contributed by atoms with Gasteiger partial charge in [-0.15, -0.1) is 32.9 Å². The van der Waals surface area contributed by atoms with Gasteiger partial charge < -0.3 is 56.3 Å². The van der Waals surface area contributed by atoms with Crippen molar-refractivity contribution in [3.63, 3.8) is 0 Å². The number of nitrogens with zero attached hydrogens (tertiary/aromatic N) is 10. The smallest absolute Gasteiger partial charge is 0.294 e. The van der Waals surface area contributed by atoms with Gasteiger partial charge in [0, 0.05) is 54.7 Å². The van der Waals surface area contributed by atoms with Gasteiger partial charge in [0.15, 0.2) is 27.0 Å². The second-order valence-electron chi connectivity index (χ2n) is 16.2. The van der Waals surface area contributed by atoms with Gasteiger partial charge in [-0.3, -0.25) is 0 Å². The zero-order valence-corrected chi connectivity index (χ0v) is 41.8. The Morgan fingerprint density at radius 1 is 0.671 bits per heavy atom. The highest BCUT2D eigenvalue weighted by molar-refractivity contribution is 7.92. The summed E-state index contributed by atoms with van der Waals surface area (Å²) in [7, 11) is 4.78. The van der Waals surface area contributed by atoms with Crippen LogP contribution in [0.4, 0.5) is 10.3 Å². The van der Waals surface area contributed by atoms with Crippen LogP contribution in [0.1, 0.15) is 17.8 Å². The SMILES string of the molecule is COc1cc(OCc2csc(N3CC[S+]([O-])C(COc4nn5cc(-c6cc7c(OCc8csc(N9CCCOCC9)n8)cc(OC)cc7o6)nc5s4)C3)n2)c2cc(-c3cn4nc(OC)sc4n3)oc2c1. The number of aromatic nitrogens is 8. The Morgan fingerprint density at radius 3 is 1.87 bits per heavy atom. The maximum Gasteiger partial charge on any atom is 0.294 e.